The van der Waals surface area contributed by atoms with E-state index in [0.29, 0.717) is 0 Å². The number of hydrogen-bond acceptors (Lipinski definition) is 3. The number of fused-ring (bicyclic) bond motifs is 7. The monoisotopic (exact) mass is 498 g/mol. The second-order valence-corrected chi connectivity index (χ2v) is 9.83. The molecule has 0 radical (unpaired) electrons. The molecule has 0 fully saturated rings. The fraction of sp³-hybridized carbons (Fsp3) is 0. The predicted molar refractivity (Wildman–Crippen MR) is 159 cm³/mol. The Morgan fingerprint density at radius 1 is 0.385 bits per heavy atom. The highest BCUT2D eigenvalue weighted by atomic mass is 16.5. The highest BCUT2D eigenvalue weighted by Gasteiger charge is 2.22. The summed E-state index contributed by atoms with van der Waals surface area (Å²) in [6.07, 6.45) is 3.71. The first kappa shape index (κ1) is 21.8. The molecule has 0 unspecified atom stereocenters. The number of benzene rings is 5. The summed E-state index contributed by atoms with van der Waals surface area (Å²) in [6.45, 7) is 0. The van der Waals surface area contributed by atoms with Crippen LogP contribution in [0.2, 0.25) is 0 Å². The minimum absolute atomic E-state index is 0.845. The number of ether oxygens (including phenoxy) is 1. The zero-order chi connectivity index (χ0) is 25.8. The lowest BCUT2D eigenvalue weighted by Crippen LogP contribution is -1.90. The van der Waals surface area contributed by atoms with Gasteiger partial charge in [-0.05, 0) is 58.7 Å². The molecule has 3 nitrogen and oxygen atoms in total. The molecule has 5 aromatic carbocycles. The van der Waals surface area contributed by atoms with E-state index in [1.54, 1.807) is 0 Å². The molecule has 0 atom stereocenters. The predicted octanol–water partition coefficient (Wildman–Crippen LogP) is 9.56. The number of nitrogens with zero attached hydrogens (tertiary/aromatic N) is 2. The minimum atomic E-state index is 0.845. The molecule has 182 valence electrons. The van der Waals surface area contributed by atoms with E-state index in [4.69, 9.17) is 4.74 Å². The number of hydrogen-bond donors (Lipinski definition) is 0. The Hall–Kier alpha value is -5.28. The molecule has 0 bridgehead atoms. The second-order valence-electron chi connectivity index (χ2n) is 9.83. The Balaban J connectivity index is 1.32. The van der Waals surface area contributed by atoms with Crippen LogP contribution in [0.5, 0.6) is 11.5 Å². The maximum atomic E-state index is 6.61. The van der Waals surface area contributed by atoms with E-state index in [9.17, 15) is 0 Å². The van der Waals surface area contributed by atoms with E-state index in [1.807, 2.05) is 24.5 Å². The zero-order valence-corrected chi connectivity index (χ0v) is 21.0. The number of para-hydroxylation sites is 2. The maximum absolute atomic E-state index is 6.61. The van der Waals surface area contributed by atoms with Crippen molar-refractivity contribution >= 4 is 21.8 Å². The smallest absolute Gasteiger partial charge is 0.135 e. The van der Waals surface area contributed by atoms with Gasteiger partial charge in [0.05, 0.1) is 11.0 Å². The largest absolute Gasteiger partial charge is 0.456 e. The van der Waals surface area contributed by atoms with Gasteiger partial charge in [0, 0.05) is 45.4 Å². The third-order valence-electron chi connectivity index (χ3n) is 7.57. The highest BCUT2D eigenvalue weighted by Crippen LogP contribution is 2.49. The van der Waals surface area contributed by atoms with Crippen molar-refractivity contribution in [2.45, 2.75) is 0 Å². The van der Waals surface area contributed by atoms with Crippen LogP contribution in [0.4, 0.5) is 0 Å². The molecule has 0 saturated carbocycles. The van der Waals surface area contributed by atoms with E-state index < -0.39 is 0 Å². The first-order valence-corrected chi connectivity index (χ1v) is 13.1. The lowest BCUT2D eigenvalue weighted by Gasteiger charge is -2.13. The van der Waals surface area contributed by atoms with E-state index in [0.717, 1.165) is 77.8 Å². The van der Waals surface area contributed by atoms with Gasteiger partial charge in [-0.2, -0.15) is 0 Å². The van der Waals surface area contributed by atoms with Gasteiger partial charge in [-0.15, -0.1) is 0 Å². The van der Waals surface area contributed by atoms with Crippen LogP contribution in [0.15, 0.2) is 134 Å². The SMILES string of the molecule is c1ccc2c(c1)-c1cc(-c3cccc4cccnc34)ccc1Oc1ccc(-c3cccc4cccnc34)cc1-2. The topological polar surface area (TPSA) is 35.0 Å². The van der Waals surface area contributed by atoms with Gasteiger partial charge in [0.25, 0.3) is 0 Å². The normalized spacial score (nSPS) is 11.8. The van der Waals surface area contributed by atoms with Gasteiger partial charge in [-0.3, -0.25) is 9.97 Å². The second kappa shape index (κ2) is 8.64. The van der Waals surface area contributed by atoms with E-state index in [-0.39, 0.29) is 0 Å². The summed E-state index contributed by atoms with van der Waals surface area (Å²) >= 11 is 0. The first-order chi connectivity index (χ1) is 19.3. The summed E-state index contributed by atoms with van der Waals surface area (Å²) in [5.41, 5.74) is 10.9. The van der Waals surface area contributed by atoms with Crippen molar-refractivity contribution in [3.63, 3.8) is 0 Å². The lowest BCUT2D eigenvalue weighted by atomic mass is 9.91. The Morgan fingerprint density at radius 2 is 0.846 bits per heavy atom. The molecular formula is C36H22N2O. The molecule has 0 amide bonds. The zero-order valence-electron chi connectivity index (χ0n) is 21.0. The van der Waals surface area contributed by atoms with Crippen molar-refractivity contribution in [2.24, 2.45) is 0 Å². The van der Waals surface area contributed by atoms with E-state index in [2.05, 4.69) is 119 Å². The fourth-order valence-corrected chi connectivity index (χ4v) is 5.74. The van der Waals surface area contributed by atoms with Gasteiger partial charge >= 0.3 is 0 Å². The molecule has 7 aromatic rings. The maximum Gasteiger partial charge on any atom is 0.135 e. The molecule has 0 N–H and O–H groups in total. The lowest BCUT2D eigenvalue weighted by molar-refractivity contribution is 0.488. The van der Waals surface area contributed by atoms with Crippen LogP contribution in [-0.4, -0.2) is 9.97 Å². The summed E-state index contributed by atoms with van der Waals surface area (Å²) in [6, 6.07) is 42.3. The van der Waals surface area contributed by atoms with Crippen LogP contribution in [0.3, 0.4) is 0 Å². The van der Waals surface area contributed by atoms with Crippen LogP contribution in [-0.2, 0) is 0 Å². The van der Waals surface area contributed by atoms with Gasteiger partial charge in [-0.25, -0.2) is 0 Å². The van der Waals surface area contributed by atoms with Crippen molar-refractivity contribution in [3.05, 3.63) is 134 Å². The number of aromatic nitrogens is 2. The molecule has 39 heavy (non-hydrogen) atoms. The van der Waals surface area contributed by atoms with E-state index in [1.165, 1.54) is 0 Å². The third-order valence-corrected chi connectivity index (χ3v) is 7.57. The van der Waals surface area contributed by atoms with Gasteiger partial charge < -0.3 is 4.74 Å². The van der Waals surface area contributed by atoms with E-state index >= 15 is 0 Å². The van der Waals surface area contributed by atoms with Gasteiger partial charge in [0.2, 0.25) is 0 Å². The van der Waals surface area contributed by atoms with Crippen LogP contribution < -0.4 is 4.74 Å². The molecule has 2 aromatic heterocycles. The Labute approximate surface area is 226 Å². The van der Waals surface area contributed by atoms with Crippen LogP contribution >= 0.6 is 0 Å². The molecule has 3 heteroatoms. The average Bonchev–Trinajstić information content (AvgIpc) is 3.14. The van der Waals surface area contributed by atoms with Crippen molar-refractivity contribution < 1.29 is 4.74 Å². The fourth-order valence-electron chi connectivity index (χ4n) is 5.74. The summed E-state index contributed by atoms with van der Waals surface area (Å²) < 4.78 is 6.61. The van der Waals surface area contributed by atoms with Gasteiger partial charge in [-0.1, -0.05) is 84.9 Å². The van der Waals surface area contributed by atoms with Crippen molar-refractivity contribution in [3.8, 4) is 56.0 Å². The van der Waals surface area contributed by atoms with Crippen LogP contribution in [0, 0.1) is 0 Å². The van der Waals surface area contributed by atoms with Gasteiger partial charge in [0.15, 0.2) is 0 Å². The highest BCUT2D eigenvalue weighted by molar-refractivity contribution is 5.99. The van der Waals surface area contributed by atoms with Crippen molar-refractivity contribution in [2.75, 3.05) is 0 Å². The molecule has 1 aliphatic heterocycles. The first-order valence-electron chi connectivity index (χ1n) is 13.1. The molecule has 0 spiro atoms. The molecule has 0 aliphatic carbocycles. The standard InChI is InChI=1S/C36H22N2O/c1-2-12-30-29(11-1)31-21-25(27-13-3-7-23-9-5-19-37-35(23)27)15-17-33(31)39-34-18-16-26(22-32(30)34)28-14-4-8-24-10-6-20-38-36(24)28/h1-22H. The molecule has 8 rings (SSSR count). The molecule has 3 heterocycles. The average molecular weight is 499 g/mol. The molecular weight excluding hydrogens is 476 g/mol. The Kier molecular flexibility index (Phi) is 4.82. The Bertz CT molecular complexity index is 1900. The summed E-state index contributed by atoms with van der Waals surface area (Å²) in [5.74, 6) is 1.69. The minimum Gasteiger partial charge on any atom is -0.456 e. The summed E-state index contributed by atoms with van der Waals surface area (Å²) in [4.78, 5) is 9.38. The van der Waals surface area contributed by atoms with Crippen LogP contribution in [0.25, 0.3) is 66.3 Å². The molecule has 1 aliphatic rings. The molecule has 0 saturated heterocycles. The third kappa shape index (κ3) is 3.52. The van der Waals surface area contributed by atoms with Gasteiger partial charge in [0.1, 0.15) is 11.5 Å². The summed E-state index contributed by atoms with van der Waals surface area (Å²) in [7, 11) is 0. The van der Waals surface area contributed by atoms with Crippen molar-refractivity contribution in [1.82, 2.24) is 9.97 Å². The van der Waals surface area contributed by atoms with Crippen LogP contribution in [0.1, 0.15) is 0 Å². The quantitative estimate of drug-likeness (QED) is 0.238. The summed E-state index contributed by atoms with van der Waals surface area (Å²) in [5, 5.41) is 2.26. The van der Waals surface area contributed by atoms with Crippen molar-refractivity contribution in [1.29, 1.82) is 0 Å². The number of rotatable bonds is 2. The number of pyridine rings is 2. The Morgan fingerprint density at radius 3 is 1.36 bits per heavy atom.